The van der Waals surface area contributed by atoms with Crippen LogP contribution in [0.4, 0.5) is 8.78 Å². The van der Waals surface area contributed by atoms with Crippen LogP contribution in [0.5, 0.6) is 0 Å². The van der Waals surface area contributed by atoms with Crippen LogP contribution in [0.3, 0.4) is 0 Å². The molecule has 2 aromatic rings. The van der Waals surface area contributed by atoms with Crippen molar-refractivity contribution in [3.8, 4) is 0 Å². The molecule has 0 aliphatic carbocycles. The van der Waals surface area contributed by atoms with Crippen LogP contribution < -0.4 is 0 Å². The summed E-state index contributed by atoms with van der Waals surface area (Å²) >= 11 is 3.51. The van der Waals surface area contributed by atoms with Crippen LogP contribution in [0.2, 0.25) is 0 Å². The summed E-state index contributed by atoms with van der Waals surface area (Å²) in [6, 6.07) is 12.6. The molecule has 3 heteroatoms. The Balaban J connectivity index is 2.04. The maximum Gasteiger partial charge on any atom is 0.159 e. The van der Waals surface area contributed by atoms with Crippen molar-refractivity contribution < 1.29 is 8.78 Å². The topological polar surface area (TPSA) is 0 Å². The first-order valence-electron chi connectivity index (χ1n) is 6.64. The third-order valence-electron chi connectivity index (χ3n) is 3.37. The average molecular weight is 339 g/mol. The van der Waals surface area contributed by atoms with E-state index in [9.17, 15) is 8.78 Å². The Morgan fingerprint density at radius 1 is 0.900 bits per heavy atom. The highest BCUT2D eigenvalue weighted by Gasteiger charge is 2.11. The quantitative estimate of drug-likeness (QED) is 0.667. The van der Waals surface area contributed by atoms with E-state index in [4.69, 9.17) is 0 Å². The van der Waals surface area contributed by atoms with Gasteiger partial charge in [0.1, 0.15) is 0 Å². The lowest BCUT2D eigenvalue weighted by molar-refractivity contribution is 0.504. The van der Waals surface area contributed by atoms with Crippen LogP contribution in [0.25, 0.3) is 0 Å². The Morgan fingerprint density at radius 2 is 1.50 bits per heavy atom. The predicted octanol–water partition coefficient (Wildman–Crippen LogP) is 5.07. The molecule has 0 radical (unpaired) electrons. The summed E-state index contributed by atoms with van der Waals surface area (Å²) in [6.07, 6.45) is 1.65. The van der Waals surface area contributed by atoms with Crippen LogP contribution in [0.1, 0.15) is 16.7 Å². The summed E-state index contributed by atoms with van der Waals surface area (Å²) in [4.78, 5) is 0. The molecule has 1 atom stereocenters. The zero-order valence-corrected chi connectivity index (χ0v) is 13.0. The van der Waals surface area contributed by atoms with E-state index in [2.05, 4.69) is 47.1 Å². The van der Waals surface area contributed by atoms with Gasteiger partial charge in [0.2, 0.25) is 0 Å². The number of aryl methyl sites for hydroxylation is 1. The fourth-order valence-corrected chi connectivity index (χ4v) is 2.70. The number of hydrogen-bond acceptors (Lipinski definition) is 0. The smallest absolute Gasteiger partial charge is 0.159 e. The number of benzene rings is 2. The molecule has 20 heavy (non-hydrogen) atoms. The number of halogens is 3. The molecule has 0 aromatic heterocycles. The molecule has 0 aliphatic heterocycles. The minimum Gasteiger partial charge on any atom is -0.204 e. The van der Waals surface area contributed by atoms with Gasteiger partial charge in [0, 0.05) is 5.33 Å². The molecule has 0 fully saturated rings. The van der Waals surface area contributed by atoms with Crippen molar-refractivity contribution in [2.45, 2.75) is 19.8 Å². The molecule has 0 saturated carbocycles. The fourth-order valence-electron chi connectivity index (χ4n) is 2.24. The zero-order valence-electron chi connectivity index (χ0n) is 11.4. The van der Waals surface area contributed by atoms with Gasteiger partial charge in [0.15, 0.2) is 11.6 Å². The Hall–Kier alpha value is -1.22. The molecular formula is C17H17BrF2. The number of rotatable bonds is 5. The molecule has 0 heterocycles. The first kappa shape index (κ1) is 15.2. The number of alkyl halides is 1. The Kier molecular flexibility index (Phi) is 5.30. The van der Waals surface area contributed by atoms with Crippen molar-refractivity contribution >= 4 is 15.9 Å². The molecular weight excluding hydrogens is 322 g/mol. The Labute approximate surface area is 127 Å². The van der Waals surface area contributed by atoms with E-state index >= 15 is 0 Å². The molecule has 0 bridgehead atoms. The maximum absolute atomic E-state index is 13.2. The van der Waals surface area contributed by atoms with Gasteiger partial charge in [-0.2, -0.15) is 0 Å². The van der Waals surface area contributed by atoms with Crippen molar-refractivity contribution in [2.24, 2.45) is 5.92 Å². The summed E-state index contributed by atoms with van der Waals surface area (Å²) in [6.45, 7) is 2.06. The van der Waals surface area contributed by atoms with Crippen molar-refractivity contribution in [3.05, 3.63) is 70.8 Å². The second kappa shape index (κ2) is 6.98. The van der Waals surface area contributed by atoms with E-state index in [1.54, 1.807) is 6.07 Å². The second-order valence-corrected chi connectivity index (χ2v) is 5.81. The van der Waals surface area contributed by atoms with E-state index in [-0.39, 0.29) is 0 Å². The highest BCUT2D eigenvalue weighted by atomic mass is 79.9. The van der Waals surface area contributed by atoms with Crippen LogP contribution in [0, 0.1) is 24.5 Å². The van der Waals surface area contributed by atoms with Gasteiger partial charge >= 0.3 is 0 Å². The first-order valence-corrected chi connectivity index (χ1v) is 7.76. The van der Waals surface area contributed by atoms with E-state index in [0.717, 1.165) is 23.7 Å². The lowest BCUT2D eigenvalue weighted by Gasteiger charge is -2.14. The van der Waals surface area contributed by atoms with Gasteiger partial charge in [0.25, 0.3) is 0 Å². The molecule has 0 nitrogen and oxygen atoms in total. The van der Waals surface area contributed by atoms with Gasteiger partial charge < -0.3 is 0 Å². The van der Waals surface area contributed by atoms with Gasteiger partial charge in [-0.25, -0.2) is 8.78 Å². The zero-order chi connectivity index (χ0) is 14.5. The molecule has 0 N–H and O–H groups in total. The molecule has 0 saturated heterocycles. The first-order chi connectivity index (χ1) is 9.58. The van der Waals surface area contributed by atoms with Gasteiger partial charge in [-0.3, -0.25) is 0 Å². The maximum atomic E-state index is 13.2. The summed E-state index contributed by atoms with van der Waals surface area (Å²) in [5, 5.41) is 0.833. The van der Waals surface area contributed by atoms with Gasteiger partial charge in [-0.15, -0.1) is 0 Å². The minimum absolute atomic E-state index is 0.363. The van der Waals surface area contributed by atoms with Crippen molar-refractivity contribution in [3.63, 3.8) is 0 Å². The van der Waals surface area contributed by atoms with Crippen LogP contribution in [-0.4, -0.2) is 5.33 Å². The Bertz CT molecular complexity index is 564. The van der Waals surface area contributed by atoms with E-state index in [1.807, 2.05) is 0 Å². The summed E-state index contributed by atoms with van der Waals surface area (Å²) in [7, 11) is 0. The number of hydrogen-bond donors (Lipinski definition) is 0. The van der Waals surface area contributed by atoms with Gasteiger partial charge in [-0.1, -0.05) is 51.8 Å². The van der Waals surface area contributed by atoms with Crippen molar-refractivity contribution in [1.29, 1.82) is 0 Å². The molecule has 2 aromatic carbocycles. The third-order valence-corrected chi connectivity index (χ3v) is 4.29. The van der Waals surface area contributed by atoms with E-state index in [0.29, 0.717) is 5.92 Å². The molecule has 106 valence electrons. The summed E-state index contributed by atoms with van der Waals surface area (Å²) < 4.78 is 26.1. The lowest BCUT2D eigenvalue weighted by atomic mass is 9.94. The monoisotopic (exact) mass is 338 g/mol. The van der Waals surface area contributed by atoms with E-state index < -0.39 is 11.6 Å². The van der Waals surface area contributed by atoms with Gasteiger partial charge in [-0.05, 0) is 48.9 Å². The van der Waals surface area contributed by atoms with Crippen LogP contribution >= 0.6 is 15.9 Å². The standard InChI is InChI=1S/C17H17BrF2/c1-12-2-4-13(5-3-12)8-15(11-18)9-14-6-7-16(19)17(20)10-14/h2-7,10,15H,8-9,11H2,1H3. The molecule has 0 amide bonds. The third kappa shape index (κ3) is 4.14. The molecule has 0 spiro atoms. The predicted molar refractivity (Wildman–Crippen MR) is 82.2 cm³/mol. The van der Waals surface area contributed by atoms with Crippen LogP contribution in [0.15, 0.2) is 42.5 Å². The molecule has 1 unspecified atom stereocenters. The van der Waals surface area contributed by atoms with Gasteiger partial charge in [0.05, 0.1) is 0 Å². The average Bonchev–Trinajstić information content (AvgIpc) is 2.44. The fraction of sp³-hybridized carbons (Fsp3) is 0.294. The second-order valence-electron chi connectivity index (χ2n) is 5.16. The largest absolute Gasteiger partial charge is 0.204 e. The summed E-state index contributed by atoms with van der Waals surface area (Å²) in [5.41, 5.74) is 3.34. The van der Waals surface area contributed by atoms with Crippen molar-refractivity contribution in [2.75, 3.05) is 5.33 Å². The normalized spacial score (nSPS) is 12.4. The lowest BCUT2D eigenvalue weighted by Crippen LogP contribution is -2.10. The van der Waals surface area contributed by atoms with E-state index in [1.165, 1.54) is 23.3 Å². The molecule has 0 aliphatic rings. The summed E-state index contributed by atoms with van der Waals surface area (Å²) in [5.74, 6) is -1.20. The van der Waals surface area contributed by atoms with Crippen LogP contribution in [-0.2, 0) is 12.8 Å². The minimum atomic E-state index is -0.789. The SMILES string of the molecule is Cc1ccc(CC(CBr)Cc2ccc(F)c(F)c2)cc1. The highest BCUT2D eigenvalue weighted by molar-refractivity contribution is 9.09. The molecule has 2 rings (SSSR count). The Morgan fingerprint density at radius 3 is 2.10 bits per heavy atom. The van der Waals surface area contributed by atoms with Crippen molar-refractivity contribution in [1.82, 2.24) is 0 Å². The highest BCUT2D eigenvalue weighted by Crippen LogP contribution is 2.19.